The van der Waals surface area contributed by atoms with Gasteiger partial charge in [0.2, 0.25) is 5.76 Å². The normalized spacial score (nSPS) is 10.5. The minimum atomic E-state index is -1.12. The van der Waals surface area contributed by atoms with Crippen molar-refractivity contribution in [3.63, 3.8) is 0 Å². The van der Waals surface area contributed by atoms with Gasteiger partial charge in [-0.25, -0.2) is 9.78 Å². The minimum absolute atomic E-state index is 0.134. The van der Waals surface area contributed by atoms with Gasteiger partial charge in [-0.1, -0.05) is 0 Å². The van der Waals surface area contributed by atoms with Crippen LogP contribution in [0.2, 0.25) is 0 Å². The average molecular weight is 261 g/mol. The van der Waals surface area contributed by atoms with E-state index < -0.39 is 5.97 Å². The molecule has 0 saturated carbocycles. The minimum Gasteiger partial charge on any atom is -0.496 e. The highest BCUT2D eigenvalue weighted by molar-refractivity contribution is 5.92. The number of carboxylic acids is 1. The number of carboxylic acid groups (broad SMARTS) is 1. The summed E-state index contributed by atoms with van der Waals surface area (Å²) in [4.78, 5) is 15.3. The Bertz CT molecular complexity index is 643. The Morgan fingerprint density at radius 2 is 1.95 bits per heavy atom. The van der Waals surface area contributed by atoms with Crippen LogP contribution in [0.15, 0.2) is 16.5 Å². The molecule has 19 heavy (non-hydrogen) atoms. The van der Waals surface area contributed by atoms with Crippen LogP contribution in [0.25, 0.3) is 11.3 Å². The number of aromatic carboxylic acids is 1. The van der Waals surface area contributed by atoms with Gasteiger partial charge in [-0.2, -0.15) is 0 Å². The lowest BCUT2D eigenvalue weighted by molar-refractivity contribution is 0.0662. The molecule has 1 N–H and O–H groups in total. The van der Waals surface area contributed by atoms with Gasteiger partial charge < -0.3 is 14.3 Å². The molecular weight excluding hydrogens is 246 g/mol. The molecule has 2 aromatic rings. The van der Waals surface area contributed by atoms with E-state index >= 15 is 0 Å². The molecule has 0 saturated heterocycles. The predicted octanol–water partition coefficient (Wildman–Crippen LogP) is 2.97. The maximum Gasteiger partial charge on any atom is 0.374 e. The Morgan fingerprint density at radius 3 is 2.53 bits per heavy atom. The van der Waals surface area contributed by atoms with Gasteiger partial charge in [0, 0.05) is 12.5 Å². The van der Waals surface area contributed by atoms with Crippen molar-refractivity contribution in [3.05, 3.63) is 34.9 Å². The smallest absolute Gasteiger partial charge is 0.374 e. The third-order valence-electron chi connectivity index (χ3n) is 2.93. The van der Waals surface area contributed by atoms with Crippen molar-refractivity contribution in [3.8, 4) is 17.0 Å². The van der Waals surface area contributed by atoms with Crippen LogP contribution in [0.5, 0.6) is 5.75 Å². The number of oxazole rings is 1. The van der Waals surface area contributed by atoms with Gasteiger partial charge in [0.25, 0.3) is 0 Å². The van der Waals surface area contributed by atoms with E-state index in [1.807, 2.05) is 26.0 Å². The Hall–Kier alpha value is -2.30. The number of carbonyl (C=O) groups is 1. The molecule has 5 nitrogen and oxygen atoms in total. The van der Waals surface area contributed by atoms with E-state index in [-0.39, 0.29) is 5.76 Å². The summed E-state index contributed by atoms with van der Waals surface area (Å²) in [6.45, 7) is 5.41. The fourth-order valence-electron chi connectivity index (χ4n) is 2.02. The summed E-state index contributed by atoms with van der Waals surface area (Å²) in [7, 11) is 1.60. The topological polar surface area (TPSA) is 72.6 Å². The van der Waals surface area contributed by atoms with Gasteiger partial charge in [-0.3, -0.25) is 0 Å². The van der Waals surface area contributed by atoms with Crippen LogP contribution >= 0.6 is 0 Å². The van der Waals surface area contributed by atoms with Crippen molar-refractivity contribution in [1.82, 2.24) is 4.98 Å². The third kappa shape index (κ3) is 2.31. The highest BCUT2D eigenvalue weighted by Crippen LogP contribution is 2.31. The van der Waals surface area contributed by atoms with E-state index in [1.165, 1.54) is 0 Å². The number of methoxy groups -OCH3 is 1. The zero-order chi connectivity index (χ0) is 14.2. The number of nitrogens with zero attached hydrogens (tertiary/aromatic N) is 1. The zero-order valence-corrected chi connectivity index (χ0v) is 11.3. The summed E-state index contributed by atoms with van der Waals surface area (Å²) < 4.78 is 10.4. The number of aryl methyl sites for hydroxylation is 3. The van der Waals surface area contributed by atoms with Crippen LogP contribution in [0.3, 0.4) is 0 Å². The van der Waals surface area contributed by atoms with E-state index in [0.29, 0.717) is 11.6 Å². The SMILES string of the molecule is COc1cc(C)c(-c2nc(C)oc2C(=O)O)cc1C. The first kappa shape index (κ1) is 13.1. The molecule has 0 unspecified atom stereocenters. The molecule has 1 aromatic heterocycles. The van der Waals surface area contributed by atoms with Gasteiger partial charge in [-0.05, 0) is 37.1 Å². The van der Waals surface area contributed by atoms with E-state index in [1.54, 1.807) is 14.0 Å². The second-order valence-corrected chi connectivity index (χ2v) is 4.35. The quantitative estimate of drug-likeness (QED) is 0.919. The van der Waals surface area contributed by atoms with E-state index in [0.717, 1.165) is 22.4 Å². The lowest BCUT2D eigenvalue weighted by Gasteiger charge is -2.09. The van der Waals surface area contributed by atoms with Crippen LogP contribution < -0.4 is 4.74 Å². The fourth-order valence-corrected chi connectivity index (χ4v) is 2.02. The first-order chi connectivity index (χ1) is 8.93. The monoisotopic (exact) mass is 261 g/mol. The van der Waals surface area contributed by atoms with Gasteiger partial charge >= 0.3 is 5.97 Å². The first-order valence-corrected chi connectivity index (χ1v) is 5.80. The lowest BCUT2D eigenvalue weighted by Crippen LogP contribution is -1.99. The summed E-state index contributed by atoms with van der Waals surface area (Å²) in [6.07, 6.45) is 0. The van der Waals surface area contributed by atoms with Gasteiger partial charge in [0.05, 0.1) is 7.11 Å². The van der Waals surface area contributed by atoms with Crippen LogP contribution in [0.4, 0.5) is 0 Å². The first-order valence-electron chi connectivity index (χ1n) is 5.80. The molecule has 0 atom stereocenters. The number of ether oxygens (including phenoxy) is 1. The summed E-state index contributed by atoms with van der Waals surface area (Å²) in [5.41, 5.74) is 2.90. The predicted molar refractivity (Wildman–Crippen MR) is 69.7 cm³/mol. The van der Waals surface area contributed by atoms with Gasteiger partial charge in [0.1, 0.15) is 11.4 Å². The van der Waals surface area contributed by atoms with Gasteiger partial charge in [-0.15, -0.1) is 0 Å². The van der Waals surface area contributed by atoms with Crippen LogP contribution in [0, 0.1) is 20.8 Å². The highest BCUT2D eigenvalue weighted by Gasteiger charge is 2.21. The maximum atomic E-state index is 11.2. The third-order valence-corrected chi connectivity index (χ3v) is 2.93. The largest absolute Gasteiger partial charge is 0.496 e. The molecule has 0 aliphatic rings. The summed E-state index contributed by atoms with van der Waals surface area (Å²) in [6, 6.07) is 3.72. The summed E-state index contributed by atoms with van der Waals surface area (Å²) in [5, 5.41) is 9.14. The molecule has 0 fully saturated rings. The van der Waals surface area contributed by atoms with Crippen LogP contribution in [0.1, 0.15) is 27.6 Å². The lowest BCUT2D eigenvalue weighted by atomic mass is 10.0. The molecule has 0 aliphatic carbocycles. The zero-order valence-electron chi connectivity index (χ0n) is 11.3. The molecule has 0 amide bonds. The average Bonchev–Trinajstić information content (AvgIpc) is 2.73. The molecule has 100 valence electrons. The summed E-state index contributed by atoms with van der Waals surface area (Å²) in [5.74, 6) is -0.160. The number of aromatic nitrogens is 1. The van der Waals surface area contributed by atoms with Crippen molar-refractivity contribution >= 4 is 5.97 Å². The van der Waals surface area contributed by atoms with E-state index in [9.17, 15) is 4.79 Å². The highest BCUT2D eigenvalue weighted by atomic mass is 16.5. The molecule has 1 aromatic carbocycles. The number of hydrogen-bond donors (Lipinski definition) is 1. The van der Waals surface area contributed by atoms with E-state index in [2.05, 4.69) is 4.98 Å². The number of hydrogen-bond acceptors (Lipinski definition) is 4. The van der Waals surface area contributed by atoms with Crippen molar-refractivity contribution in [1.29, 1.82) is 0 Å². The Morgan fingerprint density at radius 1 is 1.26 bits per heavy atom. The fraction of sp³-hybridized carbons (Fsp3) is 0.286. The van der Waals surface area contributed by atoms with E-state index in [4.69, 9.17) is 14.3 Å². The van der Waals surface area contributed by atoms with Gasteiger partial charge in [0.15, 0.2) is 5.89 Å². The molecule has 0 spiro atoms. The molecule has 1 heterocycles. The molecule has 5 heteroatoms. The standard InChI is InChI=1S/C14H15NO4/c1-7-6-11(18-4)8(2)5-10(7)12-13(14(16)17)19-9(3)15-12/h5-6H,1-4H3,(H,16,17). The second kappa shape index (κ2) is 4.76. The Kier molecular flexibility index (Phi) is 3.29. The van der Waals surface area contributed by atoms with Crippen LogP contribution in [-0.2, 0) is 0 Å². The maximum absolute atomic E-state index is 11.2. The molecule has 0 radical (unpaired) electrons. The number of benzene rings is 1. The summed E-state index contributed by atoms with van der Waals surface area (Å²) >= 11 is 0. The van der Waals surface area contributed by atoms with Crippen molar-refractivity contribution < 1.29 is 19.1 Å². The van der Waals surface area contributed by atoms with Crippen molar-refractivity contribution in [2.75, 3.05) is 7.11 Å². The number of rotatable bonds is 3. The van der Waals surface area contributed by atoms with Crippen LogP contribution in [-0.4, -0.2) is 23.2 Å². The molecule has 0 bridgehead atoms. The molecular formula is C14H15NO4. The van der Waals surface area contributed by atoms with Crippen molar-refractivity contribution in [2.45, 2.75) is 20.8 Å². The van der Waals surface area contributed by atoms with Crippen molar-refractivity contribution in [2.24, 2.45) is 0 Å². The molecule has 0 aliphatic heterocycles. The Labute approximate surface area is 110 Å². The Balaban J connectivity index is 2.65. The molecule has 2 rings (SSSR count). The second-order valence-electron chi connectivity index (χ2n) is 4.35.